The van der Waals surface area contributed by atoms with Gasteiger partial charge in [0.2, 0.25) is 5.95 Å². The first-order valence-electron chi connectivity index (χ1n) is 8.90. The molecule has 7 nitrogen and oxygen atoms in total. The summed E-state index contributed by atoms with van der Waals surface area (Å²) in [6.07, 6.45) is 3.06. The Kier molecular flexibility index (Phi) is 7.35. The first-order valence-corrected chi connectivity index (χ1v) is 8.90. The molecule has 0 saturated carbocycles. The van der Waals surface area contributed by atoms with E-state index in [0.717, 1.165) is 37.6 Å². The van der Waals surface area contributed by atoms with Crippen molar-refractivity contribution in [2.75, 3.05) is 55.8 Å². The van der Waals surface area contributed by atoms with Crippen molar-refractivity contribution in [1.29, 1.82) is 0 Å². The van der Waals surface area contributed by atoms with Crippen LogP contribution in [-0.2, 0) is 0 Å². The first-order chi connectivity index (χ1) is 12.5. The van der Waals surface area contributed by atoms with Gasteiger partial charge in [0.15, 0.2) is 0 Å². The highest BCUT2D eigenvalue weighted by Gasteiger charge is 2.08. The minimum atomic E-state index is -0.222. The molecule has 1 amide bonds. The SMILES string of the molecule is CCN(CC)c1ccc(NC(=O)c2cnc(NCCN(C)C)nc2)cc1. The summed E-state index contributed by atoms with van der Waals surface area (Å²) in [4.78, 5) is 25.0. The molecular weight excluding hydrogens is 328 g/mol. The Labute approximate surface area is 155 Å². The third-order valence-corrected chi connectivity index (χ3v) is 4.01. The molecule has 140 valence electrons. The summed E-state index contributed by atoms with van der Waals surface area (Å²) in [5, 5.41) is 5.99. The highest BCUT2D eigenvalue weighted by atomic mass is 16.1. The minimum absolute atomic E-state index is 0.222. The number of anilines is 3. The van der Waals surface area contributed by atoms with Crippen LogP contribution in [0.4, 0.5) is 17.3 Å². The maximum atomic E-state index is 12.3. The fourth-order valence-corrected chi connectivity index (χ4v) is 2.48. The van der Waals surface area contributed by atoms with Gasteiger partial charge >= 0.3 is 0 Å². The van der Waals surface area contributed by atoms with Crippen LogP contribution < -0.4 is 15.5 Å². The van der Waals surface area contributed by atoms with Gasteiger partial charge in [-0.15, -0.1) is 0 Å². The Morgan fingerprint density at radius 3 is 2.19 bits per heavy atom. The highest BCUT2D eigenvalue weighted by Crippen LogP contribution is 2.18. The maximum Gasteiger partial charge on any atom is 0.258 e. The summed E-state index contributed by atoms with van der Waals surface area (Å²) in [6, 6.07) is 7.83. The molecule has 1 aromatic carbocycles. The van der Waals surface area contributed by atoms with E-state index in [2.05, 4.69) is 44.2 Å². The normalized spacial score (nSPS) is 10.7. The van der Waals surface area contributed by atoms with E-state index < -0.39 is 0 Å². The van der Waals surface area contributed by atoms with Crippen LogP contribution in [0.1, 0.15) is 24.2 Å². The molecule has 0 aliphatic heterocycles. The number of rotatable bonds is 9. The zero-order valence-corrected chi connectivity index (χ0v) is 16.0. The zero-order chi connectivity index (χ0) is 18.9. The van der Waals surface area contributed by atoms with E-state index in [4.69, 9.17) is 0 Å². The molecular formula is C19H28N6O. The molecule has 1 heterocycles. The van der Waals surface area contributed by atoms with Crippen molar-refractivity contribution in [3.8, 4) is 0 Å². The fourth-order valence-electron chi connectivity index (χ4n) is 2.48. The number of benzene rings is 1. The number of likely N-dealkylation sites (N-methyl/N-ethyl adjacent to an activating group) is 1. The van der Waals surface area contributed by atoms with Crippen LogP contribution in [0.3, 0.4) is 0 Å². The van der Waals surface area contributed by atoms with Crippen molar-refractivity contribution in [3.63, 3.8) is 0 Å². The molecule has 2 rings (SSSR count). The standard InChI is InChI=1S/C19H28N6O/c1-5-25(6-2)17-9-7-16(8-10-17)23-18(26)15-13-21-19(22-14-15)20-11-12-24(3)4/h7-10,13-14H,5-6,11-12H2,1-4H3,(H,23,26)(H,20,21,22). The second kappa shape index (κ2) is 9.72. The number of carbonyl (C=O) groups is 1. The second-order valence-electron chi connectivity index (χ2n) is 6.20. The van der Waals surface area contributed by atoms with Gasteiger partial charge in [0.1, 0.15) is 0 Å². The molecule has 0 radical (unpaired) electrons. The molecule has 2 aromatic rings. The van der Waals surface area contributed by atoms with Crippen molar-refractivity contribution < 1.29 is 4.79 Å². The molecule has 26 heavy (non-hydrogen) atoms. The van der Waals surface area contributed by atoms with Gasteiger partial charge in [-0.05, 0) is 52.2 Å². The van der Waals surface area contributed by atoms with Gasteiger partial charge in [-0.1, -0.05) is 0 Å². The third kappa shape index (κ3) is 5.70. The predicted octanol–water partition coefficient (Wildman–Crippen LogP) is 2.55. The Balaban J connectivity index is 1.92. The Morgan fingerprint density at radius 1 is 1.04 bits per heavy atom. The Bertz CT molecular complexity index is 680. The lowest BCUT2D eigenvalue weighted by molar-refractivity contribution is 0.102. The smallest absolute Gasteiger partial charge is 0.258 e. The molecule has 0 bridgehead atoms. The van der Waals surface area contributed by atoms with Gasteiger partial charge in [-0.3, -0.25) is 4.79 Å². The Morgan fingerprint density at radius 2 is 1.65 bits per heavy atom. The van der Waals surface area contributed by atoms with Crippen molar-refractivity contribution in [3.05, 3.63) is 42.2 Å². The zero-order valence-electron chi connectivity index (χ0n) is 16.0. The van der Waals surface area contributed by atoms with Crippen LogP contribution in [-0.4, -0.2) is 61.0 Å². The average molecular weight is 356 g/mol. The summed E-state index contributed by atoms with van der Waals surface area (Å²) >= 11 is 0. The van der Waals surface area contributed by atoms with Crippen molar-refractivity contribution >= 4 is 23.2 Å². The minimum Gasteiger partial charge on any atom is -0.372 e. The van der Waals surface area contributed by atoms with Gasteiger partial charge < -0.3 is 20.4 Å². The fraction of sp³-hybridized carbons (Fsp3) is 0.421. The molecule has 7 heteroatoms. The number of carbonyl (C=O) groups excluding carboxylic acids is 1. The number of nitrogens with zero attached hydrogens (tertiary/aromatic N) is 4. The largest absolute Gasteiger partial charge is 0.372 e. The van der Waals surface area contributed by atoms with Gasteiger partial charge in [0, 0.05) is 49.9 Å². The van der Waals surface area contributed by atoms with Gasteiger partial charge in [0.25, 0.3) is 5.91 Å². The van der Waals surface area contributed by atoms with E-state index >= 15 is 0 Å². The molecule has 1 aromatic heterocycles. The molecule has 2 N–H and O–H groups in total. The lowest BCUT2D eigenvalue weighted by atomic mass is 10.2. The van der Waals surface area contributed by atoms with Gasteiger partial charge in [-0.25, -0.2) is 9.97 Å². The van der Waals surface area contributed by atoms with Crippen molar-refractivity contribution in [2.24, 2.45) is 0 Å². The van der Waals surface area contributed by atoms with Crippen LogP contribution in [0, 0.1) is 0 Å². The number of hydrogen-bond donors (Lipinski definition) is 2. The van der Waals surface area contributed by atoms with E-state index in [1.165, 1.54) is 12.4 Å². The predicted molar refractivity (Wildman–Crippen MR) is 107 cm³/mol. The highest BCUT2D eigenvalue weighted by molar-refractivity contribution is 6.03. The van der Waals surface area contributed by atoms with E-state index in [1.807, 2.05) is 38.4 Å². The molecule has 0 saturated heterocycles. The van der Waals surface area contributed by atoms with E-state index in [1.54, 1.807) is 0 Å². The summed E-state index contributed by atoms with van der Waals surface area (Å²) in [5.41, 5.74) is 2.32. The topological polar surface area (TPSA) is 73.4 Å². The molecule has 0 aliphatic carbocycles. The summed E-state index contributed by atoms with van der Waals surface area (Å²) < 4.78 is 0. The van der Waals surface area contributed by atoms with E-state index in [9.17, 15) is 4.79 Å². The van der Waals surface area contributed by atoms with Crippen LogP contribution >= 0.6 is 0 Å². The summed E-state index contributed by atoms with van der Waals surface area (Å²) in [6.45, 7) is 7.78. The van der Waals surface area contributed by atoms with E-state index in [0.29, 0.717) is 11.5 Å². The molecule has 0 spiro atoms. The second-order valence-corrected chi connectivity index (χ2v) is 6.20. The molecule has 0 fully saturated rings. The lowest BCUT2D eigenvalue weighted by Gasteiger charge is -2.21. The van der Waals surface area contributed by atoms with Crippen molar-refractivity contribution in [1.82, 2.24) is 14.9 Å². The first kappa shape index (κ1) is 19.7. The summed E-state index contributed by atoms with van der Waals surface area (Å²) in [7, 11) is 4.01. The Hall–Kier alpha value is -2.67. The quantitative estimate of drug-likeness (QED) is 0.719. The molecule has 0 atom stereocenters. The number of amides is 1. The monoisotopic (exact) mass is 356 g/mol. The van der Waals surface area contributed by atoms with Crippen LogP contribution in [0.15, 0.2) is 36.7 Å². The number of aromatic nitrogens is 2. The van der Waals surface area contributed by atoms with Crippen molar-refractivity contribution in [2.45, 2.75) is 13.8 Å². The van der Waals surface area contributed by atoms with E-state index in [-0.39, 0.29) is 5.91 Å². The van der Waals surface area contributed by atoms with Gasteiger partial charge in [-0.2, -0.15) is 0 Å². The maximum absolute atomic E-state index is 12.3. The summed E-state index contributed by atoms with van der Waals surface area (Å²) in [5.74, 6) is 0.299. The average Bonchev–Trinajstić information content (AvgIpc) is 2.64. The molecule has 0 unspecified atom stereocenters. The van der Waals surface area contributed by atoms with Crippen LogP contribution in [0.25, 0.3) is 0 Å². The van der Waals surface area contributed by atoms with Gasteiger partial charge in [0.05, 0.1) is 5.56 Å². The molecule has 0 aliphatic rings. The third-order valence-electron chi connectivity index (χ3n) is 4.01. The number of hydrogen-bond acceptors (Lipinski definition) is 6. The lowest BCUT2D eigenvalue weighted by Crippen LogP contribution is -2.22. The van der Waals surface area contributed by atoms with Crippen LogP contribution in [0.2, 0.25) is 0 Å². The number of nitrogens with one attached hydrogen (secondary N) is 2. The van der Waals surface area contributed by atoms with Crippen LogP contribution in [0.5, 0.6) is 0 Å².